The van der Waals surface area contributed by atoms with E-state index >= 15 is 0 Å². The Kier molecular flexibility index (Phi) is 7.53. The van der Waals surface area contributed by atoms with Crippen molar-refractivity contribution >= 4 is 5.69 Å². The number of ether oxygens (including phenoxy) is 1. The highest BCUT2D eigenvalue weighted by molar-refractivity contribution is 5.47. The first kappa shape index (κ1) is 16.0. The fourth-order valence-electron chi connectivity index (χ4n) is 2.19. The molecule has 0 spiro atoms. The molecule has 0 fully saturated rings. The fourth-order valence-corrected chi connectivity index (χ4v) is 2.19. The molecule has 0 saturated carbocycles. The lowest BCUT2D eigenvalue weighted by Crippen LogP contribution is -2.27. The van der Waals surface area contributed by atoms with Gasteiger partial charge >= 0.3 is 0 Å². The molecule has 0 bridgehead atoms. The minimum absolute atomic E-state index is 0.414. The first-order chi connectivity index (χ1) is 9.22. The third-order valence-corrected chi connectivity index (χ3v) is 3.36. The Balaban J connectivity index is 2.62. The van der Waals surface area contributed by atoms with Gasteiger partial charge in [0.2, 0.25) is 0 Å². The van der Waals surface area contributed by atoms with Gasteiger partial charge in [-0.05, 0) is 45.0 Å². The van der Waals surface area contributed by atoms with Gasteiger partial charge in [0, 0.05) is 31.4 Å². The smallest absolute Gasteiger partial charge is 0.0641 e. The molecule has 1 atom stereocenters. The average molecular weight is 264 g/mol. The van der Waals surface area contributed by atoms with Crippen LogP contribution in [0, 0.1) is 0 Å². The van der Waals surface area contributed by atoms with Gasteiger partial charge in [0.05, 0.1) is 6.61 Å². The van der Waals surface area contributed by atoms with Crippen LogP contribution in [0.15, 0.2) is 24.3 Å². The molecule has 0 amide bonds. The van der Waals surface area contributed by atoms with Crippen molar-refractivity contribution in [3.05, 3.63) is 29.8 Å². The van der Waals surface area contributed by atoms with Gasteiger partial charge in [-0.3, -0.25) is 0 Å². The second-order valence-electron chi connectivity index (χ2n) is 4.65. The van der Waals surface area contributed by atoms with Crippen molar-refractivity contribution in [1.82, 2.24) is 5.32 Å². The van der Waals surface area contributed by atoms with Crippen LogP contribution in [0.25, 0.3) is 0 Å². The van der Waals surface area contributed by atoms with Gasteiger partial charge < -0.3 is 15.0 Å². The number of anilines is 1. The van der Waals surface area contributed by atoms with E-state index in [0.29, 0.717) is 6.04 Å². The standard InChI is InChI=1S/C16H28N2O/c1-5-17-14(4)15-8-10-16(11-9-15)18(6-2)12-13-19-7-3/h8-11,14,17H,5-7,12-13H2,1-4H3. The molecule has 1 aromatic carbocycles. The van der Waals surface area contributed by atoms with Gasteiger partial charge in [-0.1, -0.05) is 19.1 Å². The Labute approximate surface area is 118 Å². The van der Waals surface area contributed by atoms with Gasteiger partial charge in [-0.2, -0.15) is 0 Å². The van der Waals surface area contributed by atoms with Crippen LogP contribution in [0.2, 0.25) is 0 Å². The molecule has 3 nitrogen and oxygen atoms in total. The van der Waals surface area contributed by atoms with Crippen LogP contribution < -0.4 is 10.2 Å². The zero-order valence-corrected chi connectivity index (χ0v) is 12.8. The van der Waals surface area contributed by atoms with Gasteiger partial charge in [-0.15, -0.1) is 0 Å². The van der Waals surface area contributed by atoms with E-state index in [0.717, 1.165) is 32.8 Å². The van der Waals surface area contributed by atoms with Crippen molar-refractivity contribution in [2.24, 2.45) is 0 Å². The molecule has 1 aromatic rings. The summed E-state index contributed by atoms with van der Waals surface area (Å²) in [4.78, 5) is 2.34. The van der Waals surface area contributed by atoms with Gasteiger partial charge in [0.15, 0.2) is 0 Å². The maximum absolute atomic E-state index is 5.43. The Morgan fingerprint density at radius 2 is 1.84 bits per heavy atom. The summed E-state index contributed by atoms with van der Waals surface area (Å²) in [6.45, 7) is 13.1. The third-order valence-electron chi connectivity index (χ3n) is 3.36. The van der Waals surface area contributed by atoms with Crippen molar-refractivity contribution in [3.8, 4) is 0 Å². The first-order valence-electron chi connectivity index (χ1n) is 7.38. The molecule has 19 heavy (non-hydrogen) atoms. The van der Waals surface area contributed by atoms with E-state index in [1.165, 1.54) is 11.3 Å². The molecule has 0 aromatic heterocycles. The summed E-state index contributed by atoms with van der Waals surface area (Å²) < 4.78 is 5.43. The summed E-state index contributed by atoms with van der Waals surface area (Å²) in [7, 11) is 0. The minimum Gasteiger partial charge on any atom is -0.380 e. The highest BCUT2D eigenvalue weighted by Crippen LogP contribution is 2.19. The van der Waals surface area contributed by atoms with Gasteiger partial charge in [0.1, 0.15) is 0 Å². The topological polar surface area (TPSA) is 24.5 Å². The van der Waals surface area contributed by atoms with Crippen molar-refractivity contribution in [2.75, 3.05) is 37.7 Å². The second kappa shape index (κ2) is 8.94. The van der Waals surface area contributed by atoms with E-state index in [2.05, 4.69) is 55.3 Å². The van der Waals surface area contributed by atoms with Crippen molar-refractivity contribution in [1.29, 1.82) is 0 Å². The fraction of sp³-hybridized carbons (Fsp3) is 0.625. The van der Waals surface area contributed by atoms with Crippen molar-refractivity contribution < 1.29 is 4.74 Å². The van der Waals surface area contributed by atoms with Crippen LogP contribution in [0.3, 0.4) is 0 Å². The molecule has 108 valence electrons. The monoisotopic (exact) mass is 264 g/mol. The summed E-state index contributed by atoms with van der Waals surface area (Å²) in [5.74, 6) is 0. The highest BCUT2D eigenvalue weighted by Gasteiger charge is 2.06. The summed E-state index contributed by atoms with van der Waals surface area (Å²) in [6, 6.07) is 9.26. The number of hydrogen-bond donors (Lipinski definition) is 1. The number of hydrogen-bond acceptors (Lipinski definition) is 3. The zero-order chi connectivity index (χ0) is 14.1. The lowest BCUT2D eigenvalue weighted by molar-refractivity contribution is 0.154. The number of nitrogens with one attached hydrogen (secondary N) is 1. The summed E-state index contributed by atoms with van der Waals surface area (Å²) in [5.41, 5.74) is 2.61. The number of nitrogens with zero attached hydrogens (tertiary/aromatic N) is 1. The Bertz CT molecular complexity index is 337. The highest BCUT2D eigenvalue weighted by atomic mass is 16.5. The molecular weight excluding hydrogens is 236 g/mol. The van der Waals surface area contributed by atoms with Crippen LogP contribution in [-0.2, 0) is 4.74 Å². The van der Waals surface area contributed by atoms with E-state index in [1.54, 1.807) is 0 Å². The Morgan fingerprint density at radius 3 is 2.37 bits per heavy atom. The predicted molar refractivity (Wildman–Crippen MR) is 82.9 cm³/mol. The average Bonchev–Trinajstić information content (AvgIpc) is 2.44. The van der Waals surface area contributed by atoms with Crippen LogP contribution >= 0.6 is 0 Å². The quantitative estimate of drug-likeness (QED) is 0.693. The second-order valence-corrected chi connectivity index (χ2v) is 4.65. The normalized spacial score (nSPS) is 12.4. The summed E-state index contributed by atoms with van der Waals surface area (Å²) in [6.07, 6.45) is 0. The molecule has 1 N–H and O–H groups in total. The largest absolute Gasteiger partial charge is 0.380 e. The molecular formula is C16H28N2O. The minimum atomic E-state index is 0.414. The van der Waals surface area contributed by atoms with Crippen LogP contribution in [0.4, 0.5) is 5.69 Å². The molecule has 1 rings (SSSR count). The Morgan fingerprint density at radius 1 is 1.16 bits per heavy atom. The number of benzene rings is 1. The zero-order valence-electron chi connectivity index (χ0n) is 12.8. The van der Waals surface area contributed by atoms with E-state index in [1.807, 2.05) is 6.92 Å². The van der Waals surface area contributed by atoms with Gasteiger partial charge in [0.25, 0.3) is 0 Å². The van der Waals surface area contributed by atoms with Crippen molar-refractivity contribution in [3.63, 3.8) is 0 Å². The Hall–Kier alpha value is -1.06. The molecule has 0 aliphatic heterocycles. The van der Waals surface area contributed by atoms with Crippen LogP contribution in [0.5, 0.6) is 0 Å². The van der Waals surface area contributed by atoms with E-state index in [4.69, 9.17) is 4.74 Å². The summed E-state index contributed by atoms with van der Waals surface area (Å²) >= 11 is 0. The molecule has 0 saturated heterocycles. The molecule has 0 heterocycles. The molecule has 3 heteroatoms. The lowest BCUT2D eigenvalue weighted by Gasteiger charge is -2.23. The van der Waals surface area contributed by atoms with Crippen molar-refractivity contribution in [2.45, 2.75) is 33.7 Å². The van der Waals surface area contributed by atoms with Crippen LogP contribution in [-0.4, -0.2) is 32.8 Å². The molecule has 0 aliphatic rings. The SMILES string of the molecule is CCNC(C)c1ccc(N(CC)CCOCC)cc1. The predicted octanol–water partition coefficient (Wildman–Crippen LogP) is 3.22. The van der Waals surface area contributed by atoms with E-state index in [9.17, 15) is 0 Å². The lowest BCUT2D eigenvalue weighted by atomic mass is 10.1. The van der Waals surface area contributed by atoms with E-state index in [-0.39, 0.29) is 0 Å². The number of rotatable bonds is 9. The molecule has 0 radical (unpaired) electrons. The number of likely N-dealkylation sites (N-methyl/N-ethyl adjacent to an activating group) is 1. The van der Waals surface area contributed by atoms with E-state index < -0.39 is 0 Å². The maximum atomic E-state index is 5.43. The molecule has 0 aliphatic carbocycles. The first-order valence-corrected chi connectivity index (χ1v) is 7.38. The van der Waals surface area contributed by atoms with Gasteiger partial charge in [-0.25, -0.2) is 0 Å². The van der Waals surface area contributed by atoms with Crippen LogP contribution in [0.1, 0.15) is 39.3 Å². The molecule has 1 unspecified atom stereocenters. The summed E-state index contributed by atoms with van der Waals surface area (Å²) in [5, 5.41) is 3.43. The maximum Gasteiger partial charge on any atom is 0.0641 e. The third kappa shape index (κ3) is 5.21.